The standard InChI is InChI=1S/C30H34F4N4O6/c1-15(36-29(40)44-30(2,3)4)25-24(26(39)37-21(13-35)19-9-8-18(31)12-20(19)32)38-27(43-25)17-7-10-22(42-28(33)34)23(11-17)41-14-16-5-6-16/h7-12,15-16,21,28H,5-6,13-14,35H2,1-4H3,(H,36,40)(H,37,39). The van der Waals surface area contributed by atoms with Gasteiger partial charge in [-0.2, -0.15) is 8.78 Å². The van der Waals surface area contributed by atoms with Gasteiger partial charge in [0, 0.05) is 23.7 Å². The zero-order valence-electron chi connectivity index (χ0n) is 24.6. The van der Waals surface area contributed by atoms with Crippen LogP contribution in [0.5, 0.6) is 11.5 Å². The van der Waals surface area contributed by atoms with Crippen LogP contribution < -0.4 is 25.8 Å². The molecule has 14 heteroatoms. The number of hydrogen-bond acceptors (Lipinski definition) is 8. The minimum Gasteiger partial charge on any atom is -0.489 e. The van der Waals surface area contributed by atoms with Crippen LogP contribution in [-0.4, -0.2) is 42.3 Å². The highest BCUT2D eigenvalue weighted by Crippen LogP contribution is 2.37. The summed E-state index contributed by atoms with van der Waals surface area (Å²) in [6.45, 7) is 3.51. The van der Waals surface area contributed by atoms with E-state index in [1.54, 1.807) is 20.8 Å². The summed E-state index contributed by atoms with van der Waals surface area (Å²) in [5.74, 6) is -2.61. The molecular formula is C30H34F4N4O6. The largest absolute Gasteiger partial charge is 0.489 e. The Morgan fingerprint density at radius 2 is 1.82 bits per heavy atom. The average molecular weight is 623 g/mol. The van der Waals surface area contributed by atoms with Crippen molar-refractivity contribution in [1.82, 2.24) is 15.6 Å². The van der Waals surface area contributed by atoms with Crippen molar-refractivity contribution in [2.75, 3.05) is 13.2 Å². The van der Waals surface area contributed by atoms with Crippen LogP contribution in [-0.2, 0) is 4.74 Å². The van der Waals surface area contributed by atoms with Crippen molar-refractivity contribution in [2.24, 2.45) is 11.7 Å². The van der Waals surface area contributed by atoms with Gasteiger partial charge >= 0.3 is 12.7 Å². The Morgan fingerprint density at radius 1 is 1.09 bits per heavy atom. The average Bonchev–Trinajstić information content (AvgIpc) is 3.65. The van der Waals surface area contributed by atoms with Gasteiger partial charge in [0.05, 0.1) is 18.7 Å². The molecule has 1 aromatic heterocycles. The molecule has 0 radical (unpaired) electrons. The molecule has 3 aromatic rings. The fourth-order valence-corrected chi connectivity index (χ4v) is 4.18. The number of ether oxygens (including phenoxy) is 3. The van der Waals surface area contributed by atoms with E-state index in [4.69, 9.17) is 19.6 Å². The van der Waals surface area contributed by atoms with Crippen LogP contribution in [0.2, 0.25) is 0 Å². The van der Waals surface area contributed by atoms with Gasteiger partial charge in [0.15, 0.2) is 23.0 Å². The number of rotatable bonds is 12. The quantitative estimate of drug-likeness (QED) is 0.208. The first kappa shape index (κ1) is 32.6. The molecule has 2 amide bonds. The lowest BCUT2D eigenvalue weighted by Gasteiger charge is -2.21. The molecule has 1 aliphatic carbocycles. The molecule has 1 saturated carbocycles. The van der Waals surface area contributed by atoms with E-state index in [9.17, 15) is 27.2 Å². The number of nitrogens with one attached hydrogen (secondary N) is 2. The number of alkyl halides is 2. The molecule has 10 nitrogen and oxygen atoms in total. The van der Waals surface area contributed by atoms with Gasteiger partial charge < -0.3 is 35.0 Å². The number of oxazole rings is 1. The third kappa shape index (κ3) is 8.62. The number of aromatic nitrogens is 1. The third-order valence-corrected chi connectivity index (χ3v) is 6.45. The molecule has 4 N–H and O–H groups in total. The first-order chi connectivity index (χ1) is 20.7. The van der Waals surface area contributed by atoms with Gasteiger partial charge in [-0.25, -0.2) is 18.6 Å². The molecule has 0 saturated heterocycles. The van der Waals surface area contributed by atoms with Gasteiger partial charge in [-0.3, -0.25) is 4.79 Å². The van der Waals surface area contributed by atoms with Gasteiger partial charge in [0.1, 0.15) is 17.2 Å². The maximum Gasteiger partial charge on any atom is 0.408 e. The minimum atomic E-state index is -3.09. The van der Waals surface area contributed by atoms with E-state index in [0.29, 0.717) is 18.6 Å². The van der Waals surface area contributed by atoms with Crippen LogP contribution in [0.3, 0.4) is 0 Å². The summed E-state index contributed by atoms with van der Waals surface area (Å²) < 4.78 is 75.6. The van der Waals surface area contributed by atoms with Crippen molar-refractivity contribution in [3.63, 3.8) is 0 Å². The Labute approximate surface area is 251 Å². The topological polar surface area (TPSA) is 138 Å². The number of hydrogen-bond donors (Lipinski definition) is 3. The lowest BCUT2D eigenvalue weighted by Crippen LogP contribution is -2.36. The van der Waals surface area contributed by atoms with Gasteiger partial charge in [-0.1, -0.05) is 6.07 Å². The van der Waals surface area contributed by atoms with Gasteiger partial charge in [0.2, 0.25) is 5.89 Å². The molecule has 0 spiro atoms. The van der Waals surface area contributed by atoms with Gasteiger partial charge in [-0.15, -0.1) is 0 Å². The van der Waals surface area contributed by atoms with Crippen LogP contribution >= 0.6 is 0 Å². The molecule has 2 unspecified atom stereocenters. The number of carbonyl (C=O) groups is 2. The zero-order chi connectivity index (χ0) is 32.2. The maximum atomic E-state index is 14.5. The molecule has 0 aliphatic heterocycles. The minimum absolute atomic E-state index is 0.0235. The number of benzene rings is 2. The number of carbonyl (C=O) groups excluding carboxylic acids is 2. The monoisotopic (exact) mass is 622 g/mol. The van der Waals surface area contributed by atoms with E-state index in [1.807, 2.05) is 0 Å². The summed E-state index contributed by atoms with van der Waals surface area (Å²) >= 11 is 0. The molecule has 4 rings (SSSR count). The fraction of sp³-hybridized carbons (Fsp3) is 0.433. The first-order valence-electron chi connectivity index (χ1n) is 13.9. The highest BCUT2D eigenvalue weighted by atomic mass is 19.3. The van der Waals surface area contributed by atoms with Crippen molar-refractivity contribution in [2.45, 2.75) is 64.8 Å². The summed E-state index contributed by atoms with van der Waals surface area (Å²) in [5.41, 5.74) is 4.90. The van der Waals surface area contributed by atoms with Crippen LogP contribution in [0.15, 0.2) is 40.8 Å². The van der Waals surface area contributed by atoms with Crippen molar-refractivity contribution < 1.29 is 45.8 Å². The predicted molar refractivity (Wildman–Crippen MR) is 150 cm³/mol. The summed E-state index contributed by atoms with van der Waals surface area (Å²) in [4.78, 5) is 30.3. The number of amides is 2. The molecule has 1 heterocycles. The highest BCUT2D eigenvalue weighted by molar-refractivity contribution is 5.94. The Bertz CT molecular complexity index is 1490. The van der Waals surface area contributed by atoms with Crippen molar-refractivity contribution >= 4 is 12.0 Å². The maximum absolute atomic E-state index is 14.5. The molecule has 2 atom stereocenters. The lowest BCUT2D eigenvalue weighted by atomic mass is 10.1. The van der Waals surface area contributed by atoms with E-state index in [2.05, 4.69) is 20.4 Å². The van der Waals surface area contributed by atoms with Crippen LogP contribution in [0, 0.1) is 17.6 Å². The number of nitrogens with two attached hydrogens (primary N) is 1. The van der Waals surface area contributed by atoms with E-state index in [0.717, 1.165) is 25.0 Å². The molecule has 1 fully saturated rings. The van der Waals surface area contributed by atoms with Crippen molar-refractivity contribution in [3.05, 3.63) is 65.1 Å². The second-order valence-corrected chi connectivity index (χ2v) is 11.3. The summed E-state index contributed by atoms with van der Waals surface area (Å²) in [6.07, 6.45) is 1.12. The lowest BCUT2D eigenvalue weighted by molar-refractivity contribution is -0.0515. The van der Waals surface area contributed by atoms with Crippen molar-refractivity contribution in [3.8, 4) is 23.0 Å². The highest BCUT2D eigenvalue weighted by Gasteiger charge is 2.30. The summed E-state index contributed by atoms with van der Waals surface area (Å²) in [6, 6.07) is 4.87. The SMILES string of the molecule is CC(NC(=O)OC(C)(C)C)c1oc(-c2ccc(OC(F)F)c(OCC3CC3)c2)nc1C(=O)NC(CN)c1ccc(F)cc1F. The van der Waals surface area contributed by atoms with Crippen molar-refractivity contribution in [1.29, 1.82) is 0 Å². The number of nitrogens with zero attached hydrogens (tertiary/aromatic N) is 1. The van der Waals surface area contributed by atoms with E-state index < -0.39 is 47.9 Å². The predicted octanol–water partition coefficient (Wildman–Crippen LogP) is 6.03. The number of alkyl carbamates (subject to hydrolysis) is 1. The molecule has 0 bridgehead atoms. The molecule has 44 heavy (non-hydrogen) atoms. The van der Waals surface area contributed by atoms with Crippen LogP contribution in [0.4, 0.5) is 22.4 Å². The fourth-order valence-electron chi connectivity index (χ4n) is 4.18. The third-order valence-electron chi connectivity index (χ3n) is 6.45. The Hall–Kier alpha value is -4.33. The van der Waals surface area contributed by atoms with Gasteiger partial charge in [-0.05, 0) is 70.7 Å². The summed E-state index contributed by atoms with van der Waals surface area (Å²) in [7, 11) is 0. The number of halogens is 4. The van der Waals surface area contributed by atoms with E-state index in [-0.39, 0.29) is 46.5 Å². The van der Waals surface area contributed by atoms with Crippen LogP contribution in [0.25, 0.3) is 11.5 Å². The molecular weight excluding hydrogens is 588 g/mol. The van der Waals surface area contributed by atoms with E-state index >= 15 is 0 Å². The van der Waals surface area contributed by atoms with E-state index in [1.165, 1.54) is 25.1 Å². The summed E-state index contributed by atoms with van der Waals surface area (Å²) in [5, 5.41) is 5.15. The Morgan fingerprint density at radius 3 is 2.43 bits per heavy atom. The second-order valence-electron chi connectivity index (χ2n) is 11.3. The molecule has 1 aliphatic rings. The second kappa shape index (κ2) is 13.5. The molecule has 238 valence electrons. The Balaban J connectivity index is 1.69. The normalized spacial score (nSPS) is 14.6. The van der Waals surface area contributed by atoms with Gasteiger partial charge in [0.25, 0.3) is 5.91 Å². The smallest absolute Gasteiger partial charge is 0.408 e. The Kier molecular flexibility index (Phi) is 10.0. The molecule has 2 aromatic carbocycles. The zero-order valence-corrected chi connectivity index (χ0v) is 24.6. The van der Waals surface area contributed by atoms with Crippen LogP contribution in [0.1, 0.15) is 74.4 Å². The first-order valence-corrected chi connectivity index (χ1v) is 13.9.